The van der Waals surface area contributed by atoms with Crippen LogP contribution in [-0.2, 0) is 51.7 Å². The molecule has 13 heteroatoms. The van der Waals surface area contributed by atoms with Gasteiger partial charge in [-0.1, -0.05) is 0 Å². The maximum Gasteiger partial charge on any atom is 0.490 e. The van der Waals surface area contributed by atoms with E-state index in [2.05, 4.69) is 0 Å². The SMILES string of the molecule is CC(C)(C)OC(=O)N1[C@H]2CN(C(=O)OCc3ccccc3)[C@H]([CH2][Hg])C[C@H]2OC1(C)C.O=C(O)C(F)(F)F. The molecule has 0 saturated carbocycles. The van der Waals surface area contributed by atoms with E-state index < -0.39 is 29.6 Å². The predicted molar refractivity (Wildman–Crippen MR) is 121 cm³/mol. The van der Waals surface area contributed by atoms with Crippen LogP contribution in [-0.4, -0.2) is 75.3 Å². The minimum absolute atomic E-state index is 0.0900. The number of piperidine rings is 1. The van der Waals surface area contributed by atoms with Gasteiger partial charge >= 0.3 is 208 Å². The van der Waals surface area contributed by atoms with E-state index >= 15 is 0 Å². The largest absolute Gasteiger partial charge is 0.490 e. The Kier molecular flexibility index (Phi) is 10.3. The van der Waals surface area contributed by atoms with Gasteiger partial charge in [-0.15, -0.1) is 0 Å². The third-order valence-corrected chi connectivity index (χ3v) is 8.31. The molecule has 203 valence electrons. The Hall–Kier alpha value is -2.08. The summed E-state index contributed by atoms with van der Waals surface area (Å²) in [5.74, 6) is -2.76. The van der Waals surface area contributed by atoms with Gasteiger partial charge in [0.1, 0.15) is 0 Å². The van der Waals surface area contributed by atoms with Gasteiger partial charge in [-0.2, -0.15) is 13.2 Å². The second-order valence-corrected chi connectivity index (χ2v) is 12.4. The van der Waals surface area contributed by atoms with Crippen LogP contribution >= 0.6 is 0 Å². The van der Waals surface area contributed by atoms with Gasteiger partial charge in [0.05, 0.1) is 0 Å². The minimum Gasteiger partial charge on any atom is -0.475 e. The van der Waals surface area contributed by atoms with Crippen LogP contribution in [0.5, 0.6) is 0 Å². The van der Waals surface area contributed by atoms with Crippen molar-refractivity contribution in [1.29, 1.82) is 0 Å². The van der Waals surface area contributed by atoms with E-state index in [0.29, 0.717) is 39.1 Å². The molecule has 0 unspecified atom stereocenters. The number of amides is 2. The fourth-order valence-corrected chi connectivity index (χ4v) is 6.32. The average Bonchev–Trinajstić information content (AvgIpc) is 3.04. The van der Waals surface area contributed by atoms with Gasteiger partial charge in [-0.3, -0.25) is 0 Å². The van der Waals surface area contributed by atoms with Gasteiger partial charge in [0.15, 0.2) is 0 Å². The second-order valence-electron chi connectivity index (χ2n) is 10.2. The number of likely N-dealkylation sites (tertiary alicyclic amines) is 1. The number of rotatable bonds is 3. The minimum atomic E-state index is -5.08. The monoisotopic (exact) mass is 719 g/mol. The second kappa shape index (κ2) is 12.2. The molecule has 1 N–H and O–H groups in total. The first kappa shape index (κ1) is 31.1. The van der Waals surface area contributed by atoms with Gasteiger partial charge < -0.3 is 5.11 Å². The normalized spacial score (nSPS) is 22.9. The van der Waals surface area contributed by atoms with E-state index in [1.54, 1.807) is 9.80 Å². The molecule has 37 heavy (non-hydrogen) atoms. The van der Waals surface area contributed by atoms with Gasteiger partial charge in [0.2, 0.25) is 0 Å². The van der Waals surface area contributed by atoms with E-state index in [4.69, 9.17) is 24.1 Å². The molecule has 0 aromatic heterocycles. The molecule has 3 atom stereocenters. The first-order valence-electron chi connectivity index (χ1n) is 11.7. The van der Waals surface area contributed by atoms with Crippen molar-refractivity contribution < 1.29 is 73.0 Å². The van der Waals surface area contributed by atoms with E-state index in [9.17, 15) is 22.8 Å². The van der Waals surface area contributed by atoms with Crippen LogP contribution in [0.2, 0.25) is 3.93 Å². The summed E-state index contributed by atoms with van der Waals surface area (Å²) in [6.45, 7) is 9.93. The molecule has 0 radical (unpaired) electrons. The zero-order chi connectivity index (χ0) is 28.2. The fourth-order valence-electron chi connectivity index (χ4n) is 4.19. The predicted octanol–water partition coefficient (Wildman–Crippen LogP) is 4.74. The number of benzene rings is 1. The fraction of sp³-hybridized carbons (Fsp3) is 0.625. The van der Waals surface area contributed by atoms with E-state index in [1.807, 2.05) is 65.0 Å². The van der Waals surface area contributed by atoms with Crippen molar-refractivity contribution >= 4 is 18.2 Å². The number of hydrogen-bond acceptors (Lipinski definition) is 6. The zero-order valence-corrected chi connectivity index (χ0v) is 27.1. The summed E-state index contributed by atoms with van der Waals surface area (Å²) < 4.78 is 50.2. The Balaban J connectivity index is 0.000000604. The molecule has 0 bridgehead atoms. The average molecular weight is 718 g/mol. The molecular weight excluding hydrogens is 686 g/mol. The number of carbonyl (C=O) groups excluding carboxylic acids is 2. The number of carboxylic acids is 1. The quantitative estimate of drug-likeness (QED) is 0.451. The van der Waals surface area contributed by atoms with Crippen molar-refractivity contribution in [3.05, 3.63) is 35.9 Å². The maximum absolute atomic E-state index is 13.0. The van der Waals surface area contributed by atoms with Crippen molar-refractivity contribution in [2.24, 2.45) is 0 Å². The molecule has 0 spiro atoms. The van der Waals surface area contributed by atoms with Gasteiger partial charge in [0.25, 0.3) is 0 Å². The molecule has 2 heterocycles. The molecule has 1 aromatic rings. The number of ether oxygens (including phenoxy) is 3. The summed E-state index contributed by atoms with van der Waals surface area (Å²) in [5.41, 5.74) is -0.441. The molecule has 2 aliphatic rings. The molecule has 2 fully saturated rings. The van der Waals surface area contributed by atoms with Gasteiger partial charge in [-0.25, -0.2) is 4.79 Å². The number of halogens is 3. The number of carboxylic acid groups (broad SMARTS) is 1. The molecule has 3 rings (SSSR count). The summed E-state index contributed by atoms with van der Waals surface area (Å²) in [4.78, 5) is 38.3. The number of alkyl halides is 3. The standard InChI is InChI=1S/C22H31N2O5.C2HF3O2.Hg/c1-15-12-18-17(24(22(5,6)28-18)20(26)29-21(2,3)4)13-23(15)19(25)27-14-16-10-8-7-9-11-16;3-2(4,5)1(6)7;/h7-11,15,17-18H,1,12-14H2,2-6H3;(H,6,7);/t15-,17+,18-;;/m1../s1. The Morgan fingerprint density at radius 3 is 2.19 bits per heavy atom. The van der Waals surface area contributed by atoms with Crippen molar-refractivity contribution in [3.63, 3.8) is 0 Å². The first-order chi connectivity index (χ1) is 17.0. The van der Waals surface area contributed by atoms with Crippen molar-refractivity contribution in [2.45, 2.75) is 87.3 Å². The number of aliphatic carboxylic acids is 1. The zero-order valence-electron chi connectivity index (χ0n) is 21.6. The molecular formula is C24H32F3HgN2O7. The Morgan fingerprint density at radius 1 is 1.14 bits per heavy atom. The van der Waals surface area contributed by atoms with Gasteiger partial charge in [-0.05, 0) is 0 Å². The summed E-state index contributed by atoms with van der Waals surface area (Å²) in [7, 11) is 0. The Labute approximate surface area is 230 Å². The number of carbonyl (C=O) groups is 3. The van der Waals surface area contributed by atoms with Crippen molar-refractivity contribution in [3.8, 4) is 0 Å². The van der Waals surface area contributed by atoms with Crippen molar-refractivity contribution in [2.75, 3.05) is 6.54 Å². The van der Waals surface area contributed by atoms with Crippen LogP contribution in [0.15, 0.2) is 30.3 Å². The Bertz CT molecular complexity index is 954. The van der Waals surface area contributed by atoms with Crippen LogP contribution in [0, 0.1) is 0 Å². The third kappa shape index (κ3) is 8.73. The molecule has 2 amide bonds. The molecule has 1 aromatic carbocycles. The summed E-state index contributed by atoms with van der Waals surface area (Å²) in [6.07, 6.45) is -5.23. The van der Waals surface area contributed by atoms with Crippen LogP contribution in [0.4, 0.5) is 22.8 Å². The van der Waals surface area contributed by atoms with E-state index in [0.717, 1.165) is 9.49 Å². The molecule has 9 nitrogen and oxygen atoms in total. The maximum atomic E-state index is 13.0. The van der Waals surface area contributed by atoms with Crippen molar-refractivity contribution in [1.82, 2.24) is 9.80 Å². The molecule has 0 aliphatic carbocycles. The number of fused-ring (bicyclic) bond motifs is 1. The summed E-state index contributed by atoms with van der Waals surface area (Å²) in [6, 6.07) is 9.49. The smallest absolute Gasteiger partial charge is 0.475 e. The third-order valence-electron chi connectivity index (χ3n) is 5.72. The van der Waals surface area contributed by atoms with E-state index in [-0.39, 0.29) is 30.9 Å². The molecule has 2 saturated heterocycles. The summed E-state index contributed by atoms with van der Waals surface area (Å²) >= 11 is 0.530. The number of nitrogens with zero attached hydrogens (tertiary/aromatic N) is 2. The first-order valence-corrected chi connectivity index (χ1v) is 15.6. The molecule has 2 aliphatic heterocycles. The Morgan fingerprint density at radius 2 is 1.70 bits per heavy atom. The van der Waals surface area contributed by atoms with Crippen LogP contribution < -0.4 is 0 Å². The van der Waals surface area contributed by atoms with Gasteiger partial charge in [0, 0.05) is 0 Å². The van der Waals surface area contributed by atoms with Crippen LogP contribution in [0.25, 0.3) is 0 Å². The number of hydrogen-bond donors (Lipinski definition) is 1. The van der Waals surface area contributed by atoms with Crippen LogP contribution in [0.3, 0.4) is 0 Å². The van der Waals surface area contributed by atoms with Crippen LogP contribution in [0.1, 0.15) is 46.6 Å². The topological polar surface area (TPSA) is 106 Å². The van der Waals surface area contributed by atoms with E-state index in [1.165, 1.54) is 0 Å². The summed E-state index contributed by atoms with van der Waals surface area (Å²) in [5, 5.41) is 7.12.